The van der Waals surface area contributed by atoms with Crippen LogP contribution < -0.4 is 10.0 Å². The number of rotatable bonds is 7. The zero-order valence-corrected chi connectivity index (χ0v) is 16.7. The Hall–Kier alpha value is -2.51. The number of carbonyl (C=O) groups excluding carboxylic acids is 2. The summed E-state index contributed by atoms with van der Waals surface area (Å²) >= 11 is 0. The lowest BCUT2D eigenvalue weighted by Gasteiger charge is -2.11. The van der Waals surface area contributed by atoms with E-state index in [1.54, 1.807) is 19.1 Å². The number of ketones is 1. The van der Waals surface area contributed by atoms with Gasteiger partial charge in [0.2, 0.25) is 15.9 Å². The fraction of sp³-hybridized carbons (Fsp3) is 0.300. The van der Waals surface area contributed by atoms with Crippen molar-refractivity contribution in [1.29, 1.82) is 0 Å². The van der Waals surface area contributed by atoms with Crippen LogP contribution in [0.2, 0.25) is 0 Å². The average molecular weight is 388 g/mol. The van der Waals surface area contributed by atoms with E-state index in [2.05, 4.69) is 10.0 Å². The average Bonchev–Trinajstić information content (AvgIpc) is 2.63. The van der Waals surface area contributed by atoms with Crippen LogP contribution in [0.5, 0.6) is 0 Å². The Labute approximate surface area is 160 Å². The van der Waals surface area contributed by atoms with E-state index in [1.165, 1.54) is 13.1 Å². The van der Waals surface area contributed by atoms with Gasteiger partial charge in [-0.3, -0.25) is 9.59 Å². The molecule has 0 bridgehead atoms. The molecule has 0 fully saturated rings. The molecule has 6 nitrogen and oxygen atoms in total. The molecule has 0 aliphatic rings. The molecule has 0 unspecified atom stereocenters. The fourth-order valence-electron chi connectivity index (χ4n) is 2.70. The molecule has 2 aromatic rings. The Kier molecular flexibility index (Phi) is 6.51. The third-order valence-corrected chi connectivity index (χ3v) is 5.86. The van der Waals surface area contributed by atoms with Crippen molar-refractivity contribution in [1.82, 2.24) is 4.72 Å². The molecule has 0 heterocycles. The number of amides is 1. The summed E-state index contributed by atoms with van der Waals surface area (Å²) in [6.07, 6.45) is 0.109. The number of benzene rings is 2. The van der Waals surface area contributed by atoms with Gasteiger partial charge in [-0.05, 0) is 57.1 Å². The third-order valence-electron chi connectivity index (χ3n) is 4.30. The van der Waals surface area contributed by atoms with Gasteiger partial charge < -0.3 is 5.32 Å². The number of carbonyl (C=O) groups is 2. The van der Waals surface area contributed by atoms with Gasteiger partial charge in [0.25, 0.3) is 0 Å². The molecule has 0 radical (unpaired) electrons. The normalized spacial score (nSPS) is 11.3. The van der Waals surface area contributed by atoms with Gasteiger partial charge in [-0.2, -0.15) is 0 Å². The lowest BCUT2D eigenvalue weighted by atomic mass is 9.99. The van der Waals surface area contributed by atoms with Crippen LogP contribution >= 0.6 is 0 Å². The molecule has 0 saturated carbocycles. The van der Waals surface area contributed by atoms with E-state index < -0.39 is 10.0 Å². The molecule has 144 valence electrons. The molecule has 0 aliphatic heterocycles. The second-order valence-corrected chi connectivity index (χ2v) is 8.33. The Morgan fingerprint density at radius 2 is 1.59 bits per heavy atom. The first kappa shape index (κ1) is 20.8. The highest BCUT2D eigenvalue weighted by molar-refractivity contribution is 7.89. The number of anilines is 1. The first-order valence-corrected chi connectivity index (χ1v) is 10.1. The number of aryl methyl sites for hydroxylation is 3. The summed E-state index contributed by atoms with van der Waals surface area (Å²) in [6, 6.07) is 10.3. The molecule has 27 heavy (non-hydrogen) atoms. The van der Waals surface area contributed by atoms with Gasteiger partial charge in [-0.25, -0.2) is 13.1 Å². The lowest BCUT2D eigenvalue weighted by molar-refractivity contribution is -0.116. The SMILES string of the molecule is CNS(=O)(=O)c1cc(NC(=O)CCC(=O)c2cc(C)ccc2C)ccc1C. The van der Waals surface area contributed by atoms with Crippen molar-refractivity contribution in [3.05, 3.63) is 58.7 Å². The smallest absolute Gasteiger partial charge is 0.240 e. The van der Waals surface area contributed by atoms with Gasteiger partial charge in [0, 0.05) is 24.1 Å². The predicted octanol–water partition coefficient (Wildman–Crippen LogP) is 3.12. The van der Waals surface area contributed by atoms with Gasteiger partial charge in [0.05, 0.1) is 4.90 Å². The van der Waals surface area contributed by atoms with Crippen LogP contribution in [0.4, 0.5) is 5.69 Å². The van der Waals surface area contributed by atoms with Gasteiger partial charge in [-0.15, -0.1) is 0 Å². The minimum absolute atomic E-state index is 0.0220. The highest BCUT2D eigenvalue weighted by Crippen LogP contribution is 2.20. The summed E-state index contributed by atoms with van der Waals surface area (Å²) in [4.78, 5) is 24.7. The zero-order chi connectivity index (χ0) is 20.2. The van der Waals surface area contributed by atoms with Crippen LogP contribution in [0.15, 0.2) is 41.3 Å². The van der Waals surface area contributed by atoms with Crippen molar-refractivity contribution in [3.8, 4) is 0 Å². The Balaban J connectivity index is 2.05. The number of hydrogen-bond donors (Lipinski definition) is 2. The second kappa shape index (κ2) is 8.45. The molecule has 2 aromatic carbocycles. The molecule has 0 atom stereocenters. The first-order chi connectivity index (χ1) is 12.6. The zero-order valence-electron chi connectivity index (χ0n) is 15.9. The van der Waals surface area contributed by atoms with E-state index in [0.717, 1.165) is 11.1 Å². The van der Waals surface area contributed by atoms with E-state index in [-0.39, 0.29) is 29.4 Å². The highest BCUT2D eigenvalue weighted by atomic mass is 32.2. The minimum atomic E-state index is -3.61. The molecule has 2 rings (SSSR count). The summed E-state index contributed by atoms with van der Waals surface area (Å²) in [5.74, 6) is -0.431. The van der Waals surface area contributed by atoms with Crippen LogP contribution in [-0.4, -0.2) is 27.2 Å². The molecule has 0 aliphatic carbocycles. The van der Waals surface area contributed by atoms with Gasteiger partial charge >= 0.3 is 0 Å². The maximum absolute atomic E-state index is 12.4. The van der Waals surface area contributed by atoms with Crippen LogP contribution in [0.1, 0.15) is 39.9 Å². The topological polar surface area (TPSA) is 92.3 Å². The van der Waals surface area contributed by atoms with E-state index >= 15 is 0 Å². The minimum Gasteiger partial charge on any atom is -0.326 e. The number of Topliss-reactive ketones (excluding diaryl/α,β-unsaturated/α-hetero) is 1. The molecule has 0 saturated heterocycles. The van der Waals surface area contributed by atoms with Gasteiger partial charge in [0.15, 0.2) is 5.78 Å². The Morgan fingerprint density at radius 1 is 0.926 bits per heavy atom. The van der Waals surface area contributed by atoms with E-state index in [0.29, 0.717) is 16.8 Å². The second-order valence-electron chi connectivity index (χ2n) is 6.48. The van der Waals surface area contributed by atoms with Crippen molar-refractivity contribution < 1.29 is 18.0 Å². The van der Waals surface area contributed by atoms with Crippen LogP contribution in [0.25, 0.3) is 0 Å². The van der Waals surface area contributed by atoms with Crippen LogP contribution in [0, 0.1) is 20.8 Å². The van der Waals surface area contributed by atoms with Crippen molar-refractivity contribution in [2.45, 2.75) is 38.5 Å². The monoisotopic (exact) mass is 388 g/mol. The molecule has 0 aromatic heterocycles. The summed E-state index contributed by atoms with van der Waals surface area (Å²) in [5.41, 5.74) is 3.45. The summed E-state index contributed by atoms with van der Waals surface area (Å²) in [7, 11) is -2.28. The molecular formula is C20H24N2O4S. The van der Waals surface area contributed by atoms with Crippen LogP contribution in [-0.2, 0) is 14.8 Å². The predicted molar refractivity (Wildman–Crippen MR) is 106 cm³/mol. The van der Waals surface area contributed by atoms with E-state index in [4.69, 9.17) is 0 Å². The number of sulfonamides is 1. The molecule has 0 spiro atoms. The summed E-state index contributed by atoms with van der Waals surface area (Å²) in [6.45, 7) is 5.46. The van der Waals surface area contributed by atoms with E-state index in [9.17, 15) is 18.0 Å². The van der Waals surface area contributed by atoms with Crippen molar-refractivity contribution in [2.75, 3.05) is 12.4 Å². The number of hydrogen-bond acceptors (Lipinski definition) is 4. The largest absolute Gasteiger partial charge is 0.326 e. The fourth-order valence-corrected chi connectivity index (χ4v) is 3.69. The lowest BCUT2D eigenvalue weighted by Crippen LogP contribution is -2.20. The molecule has 7 heteroatoms. The Bertz CT molecular complexity index is 981. The van der Waals surface area contributed by atoms with Crippen molar-refractivity contribution >= 4 is 27.4 Å². The third kappa shape index (κ3) is 5.24. The van der Waals surface area contributed by atoms with Gasteiger partial charge in [0.1, 0.15) is 0 Å². The van der Waals surface area contributed by atoms with E-state index in [1.807, 2.05) is 32.0 Å². The van der Waals surface area contributed by atoms with Crippen molar-refractivity contribution in [2.24, 2.45) is 0 Å². The quantitative estimate of drug-likeness (QED) is 0.713. The highest BCUT2D eigenvalue weighted by Gasteiger charge is 2.16. The first-order valence-electron chi connectivity index (χ1n) is 8.58. The van der Waals surface area contributed by atoms with Crippen molar-refractivity contribution in [3.63, 3.8) is 0 Å². The maximum Gasteiger partial charge on any atom is 0.240 e. The summed E-state index contributed by atoms with van der Waals surface area (Å²) in [5, 5.41) is 2.66. The summed E-state index contributed by atoms with van der Waals surface area (Å²) < 4.78 is 26.3. The molecule has 2 N–H and O–H groups in total. The maximum atomic E-state index is 12.4. The number of nitrogens with one attached hydrogen (secondary N) is 2. The van der Waals surface area contributed by atoms with Crippen LogP contribution in [0.3, 0.4) is 0 Å². The standard InChI is InChI=1S/C20H24N2O4S/c1-13-5-6-14(2)17(11-13)18(23)9-10-20(24)22-16-8-7-15(3)19(12-16)27(25,26)21-4/h5-8,11-12,21H,9-10H2,1-4H3,(H,22,24). The van der Waals surface area contributed by atoms with Gasteiger partial charge in [-0.1, -0.05) is 23.8 Å². The molecule has 1 amide bonds. The molecular weight excluding hydrogens is 364 g/mol. The Morgan fingerprint density at radius 3 is 2.26 bits per heavy atom.